The third kappa shape index (κ3) is 2.36. The Morgan fingerprint density at radius 2 is 2.09 bits per heavy atom. The van der Waals surface area contributed by atoms with Gasteiger partial charge in [-0.3, -0.25) is 9.99 Å². The fourth-order valence-corrected chi connectivity index (χ4v) is 3.42. The van der Waals surface area contributed by atoms with Crippen LogP contribution < -0.4 is 10.4 Å². The van der Waals surface area contributed by atoms with Gasteiger partial charge in [0.05, 0.1) is 0 Å². The Balaban J connectivity index is 2.27. The van der Waals surface area contributed by atoms with Crippen LogP contribution in [0.4, 0.5) is 10.1 Å². The summed E-state index contributed by atoms with van der Waals surface area (Å²) in [6.45, 7) is 2.29. The molecular formula is C14H13FN4O2S. The first kappa shape index (κ1) is 14.6. The number of hydrogen-bond donors (Lipinski definition) is 1. The van der Waals surface area contributed by atoms with Crippen LogP contribution in [0, 0.1) is 5.82 Å². The van der Waals surface area contributed by atoms with E-state index in [1.54, 1.807) is 18.3 Å². The maximum absolute atomic E-state index is 14.3. The lowest BCUT2D eigenvalue weighted by Crippen LogP contribution is -2.47. The Hall–Kier alpha value is -2.32. The zero-order valence-electron chi connectivity index (χ0n) is 11.7. The van der Waals surface area contributed by atoms with Gasteiger partial charge >= 0.3 is 0 Å². The molecule has 0 radical (unpaired) electrons. The van der Waals surface area contributed by atoms with Crippen LogP contribution in [-0.4, -0.2) is 25.8 Å². The van der Waals surface area contributed by atoms with E-state index >= 15 is 0 Å². The highest BCUT2D eigenvalue weighted by Gasteiger charge is 2.33. The van der Waals surface area contributed by atoms with Gasteiger partial charge in [-0.05, 0) is 24.3 Å². The van der Waals surface area contributed by atoms with Crippen molar-refractivity contribution in [3.8, 4) is 0 Å². The lowest BCUT2D eigenvalue weighted by Gasteiger charge is -2.30. The van der Waals surface area contributed by atoms with Crippen LogP contribution in [0.25, 0.3) is 0 Å². The number of halogens is 1. The monoisotopic (exact) mass is 320 g/mol. The van der Waals surface area contributed by atoms with Gasteiger partial charge in [0.2, 0.25) is 0 Å². The fourth-order valence-electron chi connectivity index (χ4n) is 2.22. The first-order chi connectivity index (χ1) is 10.5. The number of aromatic nitrogens is 1. The van der Waals surface area contributed by atoms with Gasteiger partial charge in [0, 0.05) is 24.5 Å². The minimum atomic E-state index is -3.97. The summed E-state index contributed by atoms with van der Waals surface area (Å²) in [7, 11) is -3.97. The second-order valence-electron chi connectivity index (χ2n) is 4.57. The van der Waals surface area contributed by atoms with Crippen molar-refractivity contribution in [1.29, 1.82) is 0 Å². The largest absolute Gasteiger partial charge is 0.286 e. The molecule has 0 fully saturated rings. The molecule has 0 spiro atoms. The van der Waals surface area contributed by atoms with Crippen LogP contribution in [0.1, 0.15) is 12.5 Å². The van der Waals surface area contributed by atoms with Crippen LogP contribution in [0.2, 0.25) is 0 Å². The second-order valence-corrected chi connectivity index (χ2v) is 6.14. The van der Waals surface area contributed by atoms with Crippen molar-refractivity contribution < 1.29 is 12.8 Å². The third-order valence-corrected chi connectivity index (χ3v) is 4.40. The SMILES string of the molecule is CCNN1C(c2cccnc2)=NS(=O)(=O)c2cccc(F)c21. The van der Waals surface area contributed by atoms with Gasteiger partial charge in [-0.25, -0.2) is 9.82 Å². The zero-order chi connectivity index (χ0) is 15.7. The summed E-state index contributed by atoms with van der Waals surface area (Å²) >= 11 is 0. The average Bonchev–Trinajstić information content (AvgIpc) is 2.51. The fraction of sp³-hybridized carbons (Fsp3) is 0.143. The van der Waals surface area contributed by atoms with Crippen LogP contribution in [0.15, 0.2) is 52.0 Å². The molecule has 1 N–H and O–H groups in total. The minimum absolute atomic E-state index is 0.0572. The zero-order valence-corrected chi connectivity index (χ0v) is 12.5. The molecule has 0 bridgehead atoms. The molecule has 2 heterocycles. The number of nitrogens with zero attached hydrogens (tertiary/aromatic N) is 3. The van der Waals surface area contributed by atoms with Gasteiger partial charge in [-0.15, -0.1) is 4.40 Å². The molecule has 1 aliphatic heterocycles. The Bertz CT molecular complexity index is 837. The average molecular weight is 320 g/mol. The number of hydrogen-bond acceptors (Lipinski definition) is 5. The summed E-state index contributed by atoms with van der Waals surface area (Å²) in [6.07, 6.45) is 3.04. The molecule has 0 unspecified atom stereocenters. The number of amidine groups is 1. The van der Waals surface area contributed by atoms with Crippen molar-refractivity contribution in [2.45, 2.75) is 11.8 Å². The van der Waals surface area contributed by atoms with Gasteiger partial charge in [0.25, 0.3) is 10.0 Å². The molecule has 0 atom stereocenters. The van der Waals surface area contributed by atoms with E-state index in [-0.39, 0.29) is 16.4 Å². The van der Waals surface area contributed by atoms with Crippen molar-refractivity contribution >= 4 is 21.5 Å². The van der Waals surface area contributed by atoms with E-state index in [9.17, 15) is 12.8 Å². The number of pyridine rings is 1. The van der Waals surface area contributed by atoms with Crippen LogP contribution in [0.5, 0.6) is 0 Å². The van der Waals surface area contributed by atoms with Crippen molar-refractivity contribution in [1.82, 2.24) is 10.4 Å². The predicted molar refractivity (Wildman–Crippen MR) is 80.5 cm³/mol. The van der Waals surface area contributed by atoms with Gasteiger partial charge < -0.3 is 0 Å². The molecular weight excluding hydrogens is 307 g/mol. The van der Waals surface area contributed by atoms with E-state index < -0.39 is 15.8 Å². The Morgan fingerprint density at radius 1 is 1.27 bits per heavy atom. The first-order valence-electron chi connectivity index (χ1n) is 6.62. The van der Waals surface area contributed by atoms with Crippen LogP contribution >= 0.6 is 0 Å². The van der Waals surface area contributed by atoms with Gasteiger partial charge in [0.15, 0.2) is 5.84 Å². The molecule has 0 aliphatic carbocycles. The van der Waals surface area contributed by atoms with E-state index in [1.165, 1.54) is 29.4 Å². The smallest absolute Gasteiger partial charge is 0.264 e. The lowest BCUT2D eigenvalue weighted by molar-refractivity contribution is 0.584. The third-order valence-electron chi connectivity index (χ3n) is 3.11. The normalized spacial score (nSPS) is 16.1. The summed E-state index contributed by atoms with van der Waals surface area (Å²) in [5.41, 5.74) is 3.35. The van der Waals surface area contributed by atoms with Crippen LogP contribution in [-0.2, 0) is 10.0 Å². The number of nitrogens with one attached hydrogen (secondary N) is 1. The van der Waals surface area contributed by atoms with E-state index in [4.69, 9.17) is 0 Å². The summed E-state index contributed by atoms with van der Waals surface area (Å²) in [6, 6.07) is 7.22. The van der Waals surface area contributed by atoms with Crippen molar-refractivity contribution in [2.75, 3.05) is 11.6 Å². The molecule has 1 aromatic heterocycles. The molecule has 0 saturated carbocycles. The Morgan fingerprint density at radius 3 is 2.77 bits per heavy atom. The Kier molecular flexibility index (Phi) is 3.63. The molecule has 114 valence electrons. The number of para-hydroxylation sites is 1. The highest BCUT2D eigenvalue weighted by molar-refractivity contribution is 7.90. The Labute approximate surface area is 127 Å². The number of fused-ring (bicyclic) bond motifs is 1. The summed E-state index contributed by atoms with van der Waals surface area (Å²) in [5, 5.41) is 1.35. The van der Waals surface area contributed by atoms with E-state index in [0.717, 1.165) is 0 Å². The lowest BCUT2D eigenvalue weighted by atomic mass is 10.2. The van der Waals surface area contributed by atoms with Gasteiger partial charge in [0.1, 0.15) is 16.4 Å². The highest BCUT2D eigenvalue weighted by atomic mass is 32.2. The van der Waals surface area contributed by atoms with Crippen LogP contribution in [0.3, 0.4) is 0 Å². The number of benzene rings is 1. The van der Waals surface area contributed by atoms with Crippen molar-refractivity contribution in [3.63, 3.8) is 0 Å². The molecule has 3 rings (SSSR count). The maximum atomic E-state index is 14.3. The quantitative estimate of drug-likeness (QED) is 0.932. The standard InChI is InChI=1S/C14H13FN4O2S/c1-2-17-19-13-11(15)6-3-7-12(13)22(20,21)18-14(19)10-5-4-8-16-9-10/h3-9,17H,2H2,1H3. The van der Waals surface area contributed by atoms with Gasteiger partial charge in [-0.1, -0.05) is 13.0 Å². The molecule has 8 heteroatoms. The van der Waals surface area contributed by atoms with E-state index in [2.05, 4.69) is 14.8 Å². The number of hydrazine groups is 1. The summed E-state index contributed by atoms with van der Waals surface area (Å²) in [4.78, 5) is 3.79. The predicted octanol–water partition coefficient (Wildman–Crippen LogP) is 1.70. The number of anilines is 1. The van der Waals surface area contributed by atoms with E-state index in [1.807, 2.05) is 6.92 Å². The molecule has 6 nitrogen and oxygen atoms in total. The first-order valence-corrected chi connectivity index (χ1v) is 8.06. The maximum Gasteiger partial charge on any atom is 0.286 e. The minimum Gasteiger partial charge on any atom is -0.264 e. The van der Waals surface area contributed by atoms with Gasteiger partial charge in [-0.2, -0.15) is 8.42 Å². The molecule has 22 heavy (non-hydrogen) atoms. The molecule has 0 amide bonds. The van der Waals surface area contributed by atoms with Crippen molar-refractivity contribution in [3.05, 3.63) is 54.1 Å². The molecule has 1 aromatic carbocycles. The summed E-state index contributed by atoms with van der Waals surface area (Å²) < 4.78 is 42.7. The summed E-state index contributed by atoms with van der Waals surface area (Å²) in [5.74, 6) is -0.550. The molecule has 2 aromatic rings. The molecule has 1 aliphatic rings. The second kappa shape index (κ2) is 5.47. The number of rotatable bonds is 3. The van der Waals surface area contributed by atoms with E-state index in [0.29, 0.717) is 12.1 Å². The number of sulfonamides is 1. The molecule has 0 saturated heterocycles. The van der Waals surface area contributed by atoms with Crippen molar-refractivity contribution in [2.24, 2.45) is 4.40 Å². The topological polar surface area (TPSA) is 74.7 Å². The highest BCUT2D eigenvalue weighted by Crippen LogP contribution is 2.34.